The second-order valence-electron chi connectivity index (χ2n) is 10.9. The normalized spacial score (nSPS) is 40.7. The minimum Gasteiger partial charge on any atom is -0.507 e. The summed E-state index contributed by atoms with van der Waals surface area (Å²) in [5, 5.41) is 13.5. The first-order valence-electron chi connectivity index (χ1n) is 11.9. The lowest BCUT2D eigenvalue weighted by molar-refractivity contribution is -0.249. The van der Waals surface area contributed by atoms with Gasteiger partial charge in [0.05, 0.1) is 5.41 Å². The molecule has 4 unspecified atom stereocenters. The van der Waals surface area contributed by atoms with Crippen molar-refractivity contribution >= 4 is 15.9 Å². The number of hydrogen-bond acceptors (Lipinski definition) is 4. The lowest BCUT2D eigenvalue weighted by atomic mass is 9.30. The Morgan fingerprint density at radius 3 is 2.61 bits per heavy atom. The molecule has 6 atom stereocenters. The molecule has 4 saturated carbocycles. The van der Waals surface area contributed by atoms with Crippen LogP contribution in [0.4, 0.5) is 0 Å². The van der Waals surface area contributed by atoms with Gasteiger partial charge in [0.25, 0.3) is 0 Å². The number of nitrogens with one attached hydrogen (secondary N) is 1. The summed E-state index contributed by atoms with van der Waals surface area (Å²) < 4.78 is 28.2. The van der Waals surface area contributed by atoms with Crippen molar-refractivity contribution in [3.8, 4) is 5.75 Å². The number of phenolic OH excluding ortho intramolecular Hbond substituents is 1. The smallest absolute Gasteiger partial charge is 0.247 e. The molecule has 4 aliphatic carbocycles. The van der Waals surface area contributed by atoms with Crippen molar-refractivity contribution in [2.75, 3.05) is 13.1 Å². The van der Waals surface area contributed by atoms with Crippen molar-refractivity contribution in [1.29, 1.82) is 0 Å². The van der Waals surface area contributed by atoms with Gasteiger partial charge in [-0.25, -0.2) is 8.42 Å². The molecule has 1 saturated heterocycles. The molecule has 2 bridgehead atoms. The average Bonchev–Trinajstić information content (AvgIpc) is 3.24. The van der Waals surface area contributed by atoms with E-state index >= 15 is 0 Å². The number of amides is 1. The van der Waals surface area contributed by atoms with Crippen LogP contribution in [0.3, 0.4) is 0 Å². The van der Waals surface area contributed by atoms with Gasteiger partial charge in [0.2, 0.25) is 15.9 Å². The van der Waals surface area contributed by atoms with E-state index in [1.54, 1.807) is 6.07 Å². The van der Waals surface area contributed by atoms with Gasteiger partial charge < -0.3 is 10.4 Å². The fraction of sp³-hybridized carbons (Fsp3) is 0.708. The van der Waals surface area contributed by atoms with Crippen LogP contribution in [0.15, 0.2) is 23.1 Å². The third kappa shape index (κ3) is 2.48. The van der Waals surface area contributed by atoms with E-state index in [2.05, 4.69) is 5.32 Å². The monoisotopic (exact) mass is 444 g/mol. The van der Waals surface area contributed by atoms with E-state index < -0.39 is 10.0 Å². The summed E-state index contributed by atoms with van der Waals surface area (Å²) in [6.45, 7) is 2.61. The van der Waals surface area contributed by atoms with Crippen LogP contribution in [0.5, 0.6) is 5.75 Å². The Balaban J connectivity index is 1.18. The Hall–Kier alpha value is -1.60. The molecule has 5 aliphatic rings. The second-order valence-corrected chi connectivity index (χ2v) is 12.8. The number of carbonyl (C=O) groups excluding carboxylic acids is 1. The molecule has 31 heavy (non-hydrogen) atoms. The van der Waals surface area contributed by atoms with Gasteiger partial charge in [-0.15, -0.1) is 0 Å². The number of hydrogen-bond donors (Lipinski definition) is 2. The van der Waals surface area contributed by atoms with Gasteiger partial charge in [0.15, 0.2) is 0 Å². The molecular weight excluding hydrogens is 412 g/mol. The molecule has 6 nitrogen and oxygen atoms in total. The molecule has 1 amide bonds. The topological polar surface area (TPSA) is 86.7 Å². The molecule has 2 N–H and O–H groups in total. The van der Waals surface area contributed by atoms with Crippen molar-refractivity contribution in [2.24, 2.45) is 28.6 Å². The van der Waals surface area contributed by atoms with Crippen molar-refractivity contribution in [3.63, 3.8) is 0 Å². The first-order chi connectivity index (χ1) is 14.8. The number of fused-ring (bicyclic) bond motifs is 1. The van der Waals surface area contributed by atoms with Crippen LogP contribution in [0, 0.1) is 35.5 Å². The zero-order valence-electron chi connectivity index (χ0n) is 18.1. The summed E-state index contributed by atoms with van der Waals surface area (Å²) in [5.74, 6) is 2.32. The molecule has 0 radical (unpaired) electrons. The third-order valence-corrected chi connectivity index (χ3v) is 11.6. The van der Waals surface area contributed by atoms with Crippen LogP contribution in [-0.4, -0.2) is 42.9 Å². The van der Waals surface area contributed by atoms with Gasteiger partial charge in [-0.05, 0) is 92.7 Å². The van der Waals surface area contributed by atoms with Gasteiger partial charge in [0, 0.05) is 19.1 Å². The fourth-order valence-electron chi connectivity index (χ4n) is 8.43. The maximum atomic E-state index is 13.4. The minimum absolute atomic E-state index is 0.0413. The highest BCUT2D eigenvalue weighted by Gasteiger charge is 2.83. The number of rotatable bonds is 5. The van der Waals surface area contributed by atoms with E-state index in [1.807, 2.05) is 6.92 Å². The van der Waals surface area contributed by atoms with E-state index in [4.69, 9.17) is 0 Å². The first-order valence-corrected chi connectivity index (χ1v) is 13.3. The molecule has 7 heteroatoms. The van der Waals surface area contributed by atoms with Crippen molar-refractivity contribution in [1.82, 2.24) is 9.62 Å². The van der Waals surface area contributed by atoms with E-state index in [1.165, 1.54) is 35.7 Å². The zero-order valence-corrected chi connectivity index (χ0v) is 19.0. The maximum Gasteiger partial charge on any atom is 0.247 e. The Bertz CT molecular complexity index is 1040. The minimum atomic E-state index is -3.82. The van der Waals surface area contributed by atoms with Crippen molar-refractivity contribution in [2.45, 2.75) is 69.2 Å². The zero-order chi connectivity index (χ0) is 21.6. The standard InChI is InChI=1S/C24H32N2O4S/c1-15-5-6-21(20(27)8-15)31(29,30)26-7-3-2-4-19(26)14-25-22(28)23-12-17-9-16-10-18(13-23)24(17,23)11-16/h5-6,8,16-19,27H,2-4,7,9-14H2,1H3,(H,25,28)/t16?,17-,18+,19?,23?,24?. The molecule has 1 aromatic carbocycles. The molecular formula is C24H32N2O4S. The van der Waals surface area contributed by atoms with Gasteiger partial charge in [-0.3, -0.25) is 4.79 Å². The molecule has 0 aromatic heterocycles. The van der Waals surface area contributed by atoms with E-state index in [9.17, 15) is 18.3 Å². The van der Waals surface area contributed by atoms with Gasteiger partial charge in [-0.1, -0.05) is 12.5 Å². The number of piperidine rings is 1. The molecule has 5 fully saturated rings. The Morgan fingerprint density at radius 1 is 1.19 bits per heavy atom. The second kappa shape index (κ2) is 6.47. The molecule has 6 rings (SSSR count). The maximum absolute atomic E-state index is 13.4. The number of benzene rings is 1. The Morgan fingerprint density at radius 2 is 1.94 bits per heavy atom. The highest BCUT2D eigenvalue weighted by Crippen LogP contribution is 2.86. The first kappa shape index (κ1) is 20.0. The summed E-state index contributed by atoms with van der Waals surface area (Å²) in [4.78, 5) is 13.3. The van der Waals surface area contributed by atoms with Crippen LogP contribution in [0.1, 0.15) is 56.9 Å². The van der Waals surface area contributed by atoms with Crippen LogP contribution >= 0.6 is 0 Å². The fourth-order valence-corrected chi connectivity index (χ4v) is 10.2. The van der Waals surface area contributed by atoms with Crippen LogP contribution in [-0.2, 0) is 14.8 Å². The summed E-state index contributed by atoms with van der Waals surface area (Å²) in [6.07, 6.45) is 8.44. The molecule has 1 aromatic rings. The number of sulfonamides is 1. The van der Waals surface area contributed by atoms with E-state index in [-0.39, 0.29) is 33.4 Å². The molecule has 1 heterocycles. The predicted molar refractivity (Wildman–Crippen MR) is 116 cm³/mol. The number of phenols is 1. The molecule has 1 aliphatic heterocycles. The van der Waals surface area contributed by atoms with Crippen LogP contribution in [0.25, 0.3) is 0 Å². The summed E-state index contributed by atoms with van der Waals surface area (Å²) >= 11 is 0. The van der Waals surface area contributed by atoms with Gasteiger partial charge in [0.1, 0.15) is 10.6 Å². The van der Waals surface area contributed by atoms with Crippen LogP contribution in [0.2, 0.25) is 0 Å². The Labute approximate surface area is 184 Å². The quantitative estimate of drug-likeness (QED) is 0.730. The van der Waals surface area contributed by atoms with Gasteiger partial charge in [-0.2, -0.15) is 4.31 Å². The Kier molecular flexibility index (Phi) is 4.18. The van der Waals surface area contributed by atoms with E-state index in [0.717, 1.165) is 55.4 Å². The van der Waals surface area contributed by atoms with Gasteiger partial charge >= 0.3 is 0 Å². The number of nitrogens with zero attached hydrogens (tertiary/aromatic N) is 1. The average molecular weight is 445 g/mol. The largest absolute Gasteiger partial charge is 0.507 e. The number of carbonyl (C=O) groups is 1. The SMILES string of the molecule is Cc1ccc(S(=O)(=O)N2CCCCC2CNC(=O)C23C[C@H]4CC5C[C@@H](C2)C43C5)c(O)c1. The highest BCUT2D eigenvalue weighted by molar-refractivity contribution is 7.89. The van der Waals surface area contributed by atoms with E-state index in [0.29, 0.717) is 13.1 Å². The summed E-state index contributed by atoms with van der Waals surface area (Å²) in [5.41, 5.74) is 0.936. The predicted octanol–water partition coefficient (Wildman–Crippen LogP) is 3.19. The van der Waals surface area contributed by atoms with Crippen molar-refractivity contribution < 1.29 is 18.3 Å². The number of aromatic hydroxyl groups is 1. The third-order valence-electron chi connectivity index (χ3n) is 9.61. The lowest BCUT2D eigenvalue weighted by Gasteiger charge is -2.73. The van der Waals surface area contributed by atoms with Crippen molar-refractivity contribution in [3.05, 3.63) is 23.8 Å². The summed E-state index contributed by atoms with van der Waals surface area (Å²) in [6, 6.07) is 4.43. The van der Waals surface area contributed by atoms with Crippen LogP contribution < -0.4 is 5.32 Å². The highest BCUT2D eigenvalue weighted by atomic mass is 32.2. The molecule has 1 spiro atoms. The lowest BCUT2D eigenvalue weighted by Crippen LogP contribution is -2.73. The molecule has 168 valence electrons. The number of aryl methyl sites for hydroxylation is 1. The summed E-state index contributed by atoms with van der Waals surface area (Å²) in [7, 11) is -3.82.